The van der Waals surface area contributed by atoms with Gasteiger partial charge in [0.15, 0.2) is 6.39 Å². The molecule has 0 saturated carbocycles. The third kappa shape index (κ3) is 3.81. The first-order valence-corrected chi connectivity index (χ1v) is 7.44. The molecule has 0 unspecified atom stereocenters. The lowest BCUT2D eigenvalue weighted by atomic mass is 10.1. The van der Waals surface area contributed by atoms with E-state index in [9.17, 15) is 9.18 Å². The van der Waals surface area contributed by atoms with Crippen molar-refractivity contribution >= 4 is 23.4 Å². The molecule has 1 aromatic heterocycles. The Morgan fingerprint density at radius 1 is 1.12 bits per heavy atom. The first-order chi connectivity index (χ1) is 12.5. The van der Waals surface area contributed by atoms with Crippen molar-refractivity contribution in [2.75, 3.05) is 5.32 Å². The zero-order valence-corrected chi connectivity index (χ0v) is 13.3. The van der Waals surface area contributed by atoms with E-state index in [1.807, 2.05) is 0 Å². The normalized spacial score (nSPS) is 10.2. The van der Waals surface area contributed by atoms with E-state index >= 15 is 0 Å². The Kier molecular flexibility index (Phi) is 4.84. The van der Waals surface area contributed by atoms with E-state index in [0.29, 0.717) is 11.3 Å². The van der Waals surface area contributed by atoms with Crippen molar-refractivity contribution in [3.63, 3.8) is 0 Å². The maximum atomic E-state index is 13.7. The third-order valence-electron chi connectivity index (χ3n) is 3.36. The van der Waals surface area contributed by atoms with E-state index in [-0.39, 0.29) is 23.1 Å². The highest BCUT2D eigenvalue weighted by molar-refractivity contribution is 6.06. The summed E-state index contributed by atoms with van der Waals surface area (Å²) in [6.45, 7) is 0. The highest BCUT2D eigenvalue weighted by Crippen LogP contribution is 2.15. The molecule has 1 heterocycles. The second kappa shape index (κ2) is 7.39. The van der Waals surface area contributed by atoms with Gasteiger partial charge in [-0.25, -0.2) is 9.37 Å². The van der Waals surface area contributed by atoms with Crippen LogP contribution in [0.5, 0.6) is 0 Å². The molecule has 0 aliphatic heterocycles. The first kappa shape index (κ1) is 17.0. The van der Waals surface area contributed by atoms with Gasteiger partial charge in [-0.3, -0.25) is 15.6 Å². The number of nitrogens with zero attached hydrogens (tertiary/aromatic N) is 1. The van der Waals surface area contributed by atoms with Crippen molar-refractivity contribution < 1.29 is 18.3 Å². The molecule has 3 aromatic rings. The standard InChI is InChI=1S/C18H13FN4O3/c19-14-7-2-1-6-13(14)18(24)23-12-5-3-4-11(8-12)16(20)26-17(21)15-9-22-10-25-15/h1-10,20-21H,(H,23,24). The zero-order valence-electron chi connectivity index (χ0n) is 13.3. The Bertz CT molecular complexity index is 970. The van der Waals surface area contributed by atoms with Gasteiger partial charge in [-0.15, -0.1) is 0 Å². The zero-order chi connectivity index (χ0) is 18.5. The Morgan fingerprint density at radius 3 is 2.65 bits per heavy atom. The highest BCUT2D eigenvalue weighted by atomic mass is 19.1. The summed E-state index contributed by atoms with van der Waals surface area (Å²) < 4.78 is 23.7. The van der Waals surface area contributed by atoms with Gasteiger partial charge in [-0.2, -0.15) is 0 Å². The van der Waals surface area contributed by atoms with Crippen LogP contribution in [0.4, 0.5) is 10.1 Å². The molecule has 0 saturated heterocycles. The molecule has 0 radical (unpaired) electrons. The summed E-state index contributed by atoms with van der Waals surface area (Å²) in [5.74, 6) is -1.83. The van der Waals surface area contributed by atoms with E-state index in [1.54, 1.807) is 24.3 Å². The lowest BCUT2D eigenvalue weighted by Gasteiger charge is -2.09. The Hall–Kier alpha value is -3.81. The van der Waals surface area contributed by atoms with Crippen molar-refractivity contribution in [2.24, 2.45) is 0 Å². The number of hydrogen-bond acceptors (Lipinski definition) is 6. The second-order valence-corrected chi connectivity index (χ2v) is 5.14. The van der Waals surface area contributed by atoms with Gasteiger partial charge in [-0.05, 0) is 30.3 Å². The molecular weight excluding hydrogens is 339 g/mol. The van der Waals surface area contributed by atoms with Crippen LogP contribution in [-0.4, -0.2) is 22.7 Å². The fraction of sp³-hybridized carbons (Fsp3) is 0. The summed E-state index contributed by atoms with van der Waals surface area (Å²) in [5.41, 5.74) is 0.590. The Balaban J connectivity index is 1.72. The summed E-state index contributed by atoms with van der Waals surface area (Å²) in [5, 5.41) is 18.2. The number of halogens is 1. The van der Waals surface area contributed by atoms with Crippen LogP contribution in [-0.2, 0) is 4.74 Å². The quantitative estimate of drug-likeness (QED) is 0.493. The molecule has 0 aliphatic carbocycles. The highest BCUT2D eigenvalue weighted by Gasteiger charge is 2.14. The van der Waals surface area contributed by atoms with E-state index in [2.05, 4.69) is 10.3 Å². The smallest absolute Gasteiger partial charge is 0.258 e. The molecule has 0 bridgehead atoms. The molecule has 26 heavy (non-hydrogen) atoms. The number of ether oxygens (including phenoxy) is 1. The fourth-order valence-corrected chi connectivity index (χ4v) is 2.12. The number of benzene rings is 2. The number of rotatable bonds is 4. The van der Waals surface area contributed by atoms with Crippen LogP contribution in [0.1, 0.15) is 21.7 Å². The average Bonchev–Trinajstić information content (AvgIpc) is 3.17. The van der Waals surface area contributed by atoms with E-state index < -0.39 is 11.7 Å². The van der Waals surface area contributed by atoms with Crippen molar-refractivity contribution in [3.8, 4) is 0 Å². The number of anilines is 1. The summed E-state index contributed by atoms with van der Waals surface area (Å²) >= 11 is 0. The van der Waals surface area contributed by atoms with Gasteiger partial charge in [0.25, 0.3) is 11.8 Å². The Labute approximate surface area is 147 Å². The summed E-state index contributed by atoms with van der Waals surface area (Å²) in [6, 6.07) is 11.9. The van der Waals surface area contributed by atoms with Crippen LogP contribution >= 0.6 is 0 Å². The maximum absolute atomic E-state index is 13.7. The lowest BCUT2D eigenvalue weighted by Crippen LogP contribution is -2.15. The number of aromatic nitrogens is 1. The predicted octanol–water partition coefficient (Wildman–Crippen LogP) is 3.43. The lowest BCUT2D eigenvalue weighted by molar-refractivity contribution is 0.102. The van der Waals surface area contributed by atoms with Crippen LogP contribution in [0.3, 0.4) is 0 Å². The molecule has 0 fully saturated rings. The fourth-order valence-electron chi connectivity index (χ4n) is 2.12. The van der Waals surface area contributed by atoms with E-state index in [0.717, 1.165) is 6.39 Å². The number of amides is 1. The summed E-state index contributed by atoms with van der Waals surface area (Å²) in [6.07, 6.45) is 2.44. The van der Waals surface area contributed by atoms with Crippen LogP contribution in [0.2, 0.25) is 0 Å². The molecule has 3 N–H and O–H groups in total. The molecule has 0 spiro atoms. The van der Waals surface area contributed by atoms with Gasteiger partial charge < -0.3 is 14.5 Å². The van der Waals surface area contributed by atoms with Crippen molar-refractivity contribution in [3.05, 3.63) is 83.8 Å². The Morgan fingerprint density at radius 2 is 1.92 bits per heavy atom. The second-order valence-electron chi connectivity index (χ2n) is 5.14. The number of carbonyl (C=O) groups is 1. The molecule has 7 nitrogen and oxygen atoms in total. The number of hydrogen-bond donors (Lipinski definition) is 3. The number of carbonyl (C=O) groups excluding carboxylic acids is 1. The van der Waals surface area contributed by atoms with Crippen LogP contribution in [0.15, 0.2) is 65.5 Å². The number of oxazole rings is 1. The average molecular weight is 352 g/mol. The third-order valence-corrected chi connectivity index (χ3v) is 3.36. The van der Waals surface area contributed by atoms with Crippen LogP contribution in [0.25, 0.3) is 0 Å². The van der Waals surface area contributed by atoms with Crippen molar-refractivity contribution in [1.29, 1.82) is 10.8 Å². The van der Waals surface area contributed by atoms with E-state index in [1.165, 1.54) is 30.5 Å². The van der Waals surface area contributed by atoms with Crippen molar-refractivity contribution in [1.82, 2.24) is 4.98 Å². The molecule has 130 valence electrons. The van der Waals surface area contributed by atoms with Gasteiger partial charge in [0.1, 0.15) is 5.82 Å². The molecule has 1 amide bonds. The molecule has 8 heteroatoms. The minimum atomic E-state index is -0.627. The monoisotopic (exact) mass is 352 g/mol. The van der Waals surface area contributed by atoms with Gasteiger partial charge in [0.2, 0.25) is 11.7 Å². The molecule has 0 atom stereocenters. The molecule has 2 aromatic carbocycles. The van der Waals surface area contributed by atoms with Gasteiger partial charge in [0, 0.05) is 11.3 Å². The first-order valence-electron chi connectivity index (χ1n) is 7.44. The van der Waals surface area contributed by atoms with E-state index in [4.69, 9.17) is 20.0 Å². The summed E-state index contributed by atoms with van der Waals surface area (Å²) in [4.78, 5) is 15.8. The maximum Gasteiger partial charge on any atom is 0.258 e. The minimum absolute atomic E-state index is 0.0822. The summed E-state index contributed by atoms with van der Waals surface area (Å²) in [7, 11) is 0. The minimum Gasteiger partial charge on any atom is -0.438 e. The number of nitrogens with one attached hydrogen (secondary N) is 3. The van der Waals surface area contributed by atoms with Crippen LogP contribution in [0, 0.1) is 16.6 Å². The molecular formula is C18H13FN4O3. The van der Waals surface area contributed by atoms with Gasteiger partial charge in [-0.1, -0.05) is 18.2 Å². The molecule has 3 rings (SSSR count). The topological polar surface area (TPSA) is 112 Å². The molecule has 0 aliphatic rings. The van der Waals surface area contributed by atoms with Gasteiger partial charge in [0.05, 0.1) is 11.8 Å². The van der Waals surface area contributed by atoms with Gasteiger partial charge >= 0.3 is 0 Å². The predicted molar refractivity (Wildman–Crippen MR) is 92.0 cm³/mol. The van der Waals surface area contributed by atoms with Crippen molar-refractivity contribution in [2.45, 2.75) is 0 Å². The largest absolute Gasteiger partial charge is 0.438 e. The van der Waals surface area contributed by atoms with Crippen LogP contribution < -0.4 is 5.32 Å². The SMILES string of the molecule is N=C(OC(=N)c1cnco1)c1cccc(NC(=O)c2ccccc2F)c1.